The van der Waals surface area contributed by atoms with Crippen LogP contribution >= 0.6 is 23.2 Å². The number of carbonyl (C=O) groups is 1. The van der Waals surface area contributed by atoms with Crippen LogP contribution in [0.25, 0.3) is 0 Å². The first kappa shape index (κ1) is 22.1. The van der Waals surface area contributed by atoms with Crippen LogP contribution in [0.2, 0.25) is 10.0 Å². The minimum atomic E-state index is -0.606. The van der Waals surface area contributed by atoms with Crippen LogP contribution in [0.3, 0.4) is 0 Å². The number of halogens is 2. The van der Waals surface area contributed by atoms with Gasteiger partial charge in [-0.25, -0.2) is 0 Å². The average Bonchev–Trinajstić information content (AvgIpc) is 3.65. The van der Waals surface area contributed by atoms with Crippen LogP contribution in [0.5, 0.6) is 11.5 Å². The molecule has 3 aromatic rings. The van der Waals surface area contributed by atoms with Crippen molar-refractivity contribution < 1.29 is 14.6 Å². The molecule has 9 heteroatoms. The number of aromatic hydroxyl groups is 1. The summed E-state index contributed by atoms with van der Waals surface area (Å²) in [6.45, 7) is 0.464. The van der Waals surface area contributed by atoms with Crippen molar-refractivity contribution in [3.63, 3.8) is 0 Å². The minimum Gasteiger partial charge on any atom is -0.502 e. The molecule has 0 unspecified atom stereocenters. The summed E-state index contributed by atoms with van der Waals surface area (Å²) >= 11 is 13.0. The molecule has 1 aromatic heterocycles. The van der Waals surface area contributed by atoms with Gasteiger partial charge in [0, 0.05) is 17.8 Å². The topological polar surface area (TPSA) is 75.0 Å². The molecule has 1 aliphatic carbocycles. The highest BCUT2D eigenvalue weighted by atomic mass is 35.5. The standard InChI is InChI=1S/C26H21Cl2N3O4/c27-18-8-7-17-21(16-5-2-1-3-6-16)31-15-29(25(34)22-23(33)19(32)9-13-30(22)31)26(11-12-26)10-4-14-35-24(17)20(18)28/h1-10,13,21,33H,11-12,14-15H2/b10-4-/t21-/m0/s1. The zero-order valence-corrected chi connectivity index (χ0v) is 20.0. The first-order valence-electron chi connectivity index (χ1n) is 11.3. The molecule has 1 spiro atoms. The van der Waals surface area contributed by atoms with Crippen molar-refractivity contribution in [1.29, 1.82) is 0 Å². The van der Waals surface area contributed by atoms with E-state index in [9.17, 15) is 14.7 Å². The van der Waals surface area contributed by atoms with Gasteiger partial charge in [-0.1, -0.05) is 65.7 Å². The van der Waals surface area contributed by atoms with Crippen molar-refractivity contribution in [3.8, 4) is 11.5 Å². The summed E-state index contributed by atoms with van der Waals surface area (Å²) in [6.07, 6.45) is 6.92. The third kappa shape index (κ3) is 3.41. The number of hydrogen-bond acceptors (Lipinski definition) is 5. The van der Waals surface area contributed by atoms with Crippen molar-refractivity contribution >= 4 is 29.1 Å². The lowest BCUT2D eigenvalue weighted by Gasteiger charge is -2.46. The zero-order valence-electron chi connectivity index (χ0n) is 18.5. The van der Waals surface area contributed by atoms with Gasteiger partial charge in [0.25, 0.3) is 5.91 Å². The largest absolute Gasteiger partial charge is 0.502 e. The molecule has 178 valence electrons. The molecule has 2 aromatic carbocycles. The Bertz CT molecular complexity index is 1430. The Hall–Kier alpha value is -3.42. The summed E-state index contributed by atoms with van der Waals surface area (Å²) in [5.41, 5.74) is 0.467. The third-order valence-corrected chi connectivity index (χ3v) is 7.69. The van der Waals surface area contributed by atoms with Crippen molar-refractivity contribution in [3.05, 3.63) is 104 Å². The molecule has 0 radical (unpaired) electrons. The van der Waals surface area contributed by atoms with E-state index in [2.05, 4.69) is 0 Å². The predicted octanol–water partition coefficient (Wildman–Crippen LogP) is 4.48. The van der Waals surface area contributed by atoms with Gasteiger partial charge in [0.15, 0.2) is 11.4 Å². The Labute approximate surface area is 211 Å². The molecule has 1 atom stereocenters. The number of nitrogens with zero attached hydrogens (tertiary/aromatic N) is 3. The molecule has 1 fully saturated rings. The second-order valence-electron chi connectivity index (χ2n) is 8.95. The molecular weight excluding hydrogens is 489 g/mol. The van der Waals surface area contributed by atoms with E-state index in [1.54, 1.807) is 15.6 Å². The van der Waals surface area contributed by atoms with E-state index in [0.717, 1.165) is 24.0 Å². The quantitative estimate of drug-likeness (QED) is 0.489. The van der Waals surface area contributed by atoms with Gasteiger partial charge in [-0.2, -0.15) is 0 Å². The minimum absolute atomic E-state index is 0.0638. The SMILES string of the molecule is O=C1c2c(O)c(=O)ccn2N2CN1C1(/C=C\COc3c(ccc(Cl)c3Cl)[C@@H]2c2ccccc2)CC1. The van der Waals surface area contributed by atoms with Crippen LogP contribution in [-0.2, 0) is 0 Å². The molecular formula is C26H21Cl2N3O4. The number of amides is 1. The second kappa shape index (κ2) is 8.07. The van der Waals surface area contributed by atoms with Gasteiger partial charge in [0.1, 0.15) is 30.1 Å². The van der Waals surface area contributed by atoms with E-state index >= 15 is 0 Å². The third-order valence-electron chi connectivity index (χ3n) is 6.90. The number of pyridine rings is 1. The zero-order chi connectivity index (χ0) is 24.3. The Kier molecular flexibility index (Phi) is 5.09. The van der Waals surface area contributed by atoms with Gasteiger partial charge in [-0.05, 0) is 30.5 Å². The summed E-state index contributed by atoms with van der Waals surface area (Å²) in [5, 5.41) is 13.4. The van der Waals surface area contributed by atoms with Gasteiger partial charge in [-0.15, -0.1) is 0 Å². The molecule has 1 saturated carbocycles. The highest BCUT2D eigenvalue weighted by Crippen LogP contribution is 2.48. The van der Waals surface area contributed by atoms with Crippen molar-refractivity contribution in [1.82, 2.24) is 9.58 Å². The molecule has 2 aliphatic heterocycles. The maximum atomic E-state index is 13.7. The van der Waals surface area contributed by atoms with Crippen molar-refractivity contribution in [2.45, 2.75) is 24.4 Å². The molecule has 3 heterocycles. The lowest BCUT2D eigenvalue weighted by atomic mass is 9.96. The van der Waals surface area contributed by atoms with Gasteiger partial charge in [-0.3, -0.25) is 19.3 Å². The van der Waals surface area contributed by atoms with Crippen LogP contribution in [-0.4, -0.2) is 39.4 Å². The van der Waals surface area contributed by atoms with E-state index in [4.69, 9.17) is 27.9 Å². The van der Waals surface area contributed by atoms with Crippen molar-refractivity contribution in [2.75, 3.05) is 18.3 Å². The van der Waals surface area contributed by atoms with Gasteiger partial charge >= 0.3 is 0 Å². The number of fused-ring (bicyclic) bond motifs is 6. The normalized spacial score (nSPS) is 21.0. The Morgan fingerprint density at radius 2 is 1.80 bits per heavy atom. The van der Waals surface area contributed by atoms with E-state index in [1.807, 2.05) is 53.6 Å². The van der Waals surface area contributed by atoms with Crippen LogP contribution < -0.4 is 15.2 Å². The smallest absolute Gasteiger partial charge is 0.278 e. The predicted molar refractivity (Wildman–Crippen MR) is 133 cm³/mol. The average molecular weight is 510 g/mol. The lowest BCUT2D eigenvalue weighted by Crippen LogP contribution is -2.58. The summed E-state index contributed by atoms with van der Waals surface area (Å²) in [6, 6.07) is 14.1. The number of hydrogen-bond donors (Lipinski definition) is 1. The number of benzene rings is 2. The number of rotatable bonds is 1. The van der Waals surface area contributed by atoms with E-state index in [-0.39, 0.29) is 24.9 Å². The molecule has 6 rings (SSSR count). The van der Waals surface area contributed by atoms with Gasteiger partial charge in [0.05, 0.1) is 10.6 Å². The summed E-state index contributed by atoms with van der Waals surface area (Å²) < 4.78 is 7.73. The lowest BCUT2D eigenvalue weighted by molar-refractivity contribution is 0.0606. The molecule has 3 aliphatic rings. The van der Waals surface area contributed by atoms with Crippen LogP contribution in [0, 0.1) is 0 Å². The maximum Gasteiger partial charge on any atom is 0.278 e. The maximum absolute atomic E-state index is 13.7. The Balaban J connectivity index is 1.67. The monoisotopic (exact) mass is 509 g/mol. The first-order valence-corrected chi connectivity index (χ1v) is 12.0. The molecule has 2 bridgehead atoms. The second-order valence-corrected chi connectivity index (χ2v) is 9.73. The fourth-order valence-corrected chi connectivity index (χ4v) is 5.37. The molecule has 35 heavy (non-hydrogen) atoms. The highest BCUT2D eigenvalue weighted by Gasteiger charge is 2.52. The molecule has 1 N–H and O–H groups in total. The van der Waals surface area contributed by atoms with Crippen LogP contribution in [0.1, 0.15) is 40.5 Å². The summed E-state index contributed by atoms with van der Waals surface area (Å²) in [5.74, 6) is -0.515. The fraction of sp³-hybridized carbons (Fsp3) is 0.231. The highest BCUT2D eigenvalue weighted by molar-refractivity contribution is 6.43. The van der Waals surface area contributed by atoms with Gasteiger partial charge < -0.3 is 14.7 Å². The Morgan fingerprint density at radius 3 is 2.54 bits per heavy atom. The first-order chi connectivity index (χ1) is 16.9. The fourth-order valence-electron chi connectivity index (χ4n) is 4.99. The van der Waals surface area contributed by atoms with E-state index < -0.39 is 22.8 Å². The van der Waals surface area contributed by atoms with E-state index in [0.29, 0.717) is 15.8 Å². The molecule has 0 saturated heterocycles. The van der Waals surface area contributed by atoms with E-state index in [1.165, 1.54) is 12.3 Å². The van der Waals surface area contributed by atoms with Gasteiger partial charge in [0.2, 0.25) is 5.43 Å². The van der Waals surface area contributed by atoms with Crippen molar-refractivity contribution in [2.24, 2.45) is 0 Å². The summed E-state index contributed by atoms with van der Waals surface area (Å²) in [4.78, 5) is 27.8. The molecule has 1 amide bonds. The molecule has 7 nitrogen and oxygen atoms in total. The number of carbonyl (C=O) groups excluding carboxylic acids is 1. The summed E-state index contributed by atoms with van der Waals surface area (Å²) in [7, 11) is 0. The van der Waals surface area contributed by atoms with Crippen LogP contribution in [0.15, 0.2) is 71.7 Å². The number of aromatic nitrogens is 1. The van der Waals surface area contributed by atoms with Crippen LogP contribution in [0.4, 0.5) is 0 Å². The Morgan fingerprint density at radius 1 is 1.03 bits per heavy atom. The number of ether oxygens (including phenoxy) is 1.